The second-order valence-corrected chi connectivity index (χ2v) is 5.39. The molecule has 106 valence electrons. The topological polar surface area (TPSA) is 32.3 Å². The van der Waals surface area contributed by atoms with Crippen LogP contribution in [0.15, 0.2) is 18.2 Å². The zero-order valence-electron chi connectivity index (χ0n) is 11.2. The van der Waals surface area contributed by atoms with Crippen LogP contribution in [0.1, 0.15) is 44.3 Å². The van der Waals surface area contributed by atoms with Crippen molar-refractivity contribution in [1.82, 2.24) is 5.32 Å². The normalized spacial score (nSPS) is 19.6. The molecule has 0 heterocycles. The summed E-state index contributed by atoms with van der Waals surface area (Å²) in [6, 6.07) is 3.91. The van der Waals surface area contributed by atoms with E-state index in [9.17, 15) is 13.9 Å². The molecule has 0 spiro atoms. The second kappa shape index (κ2) is 6.44. The van der Waals surface area contributed by atoms with Gasteiger partial charge in [-0.2, -0.15) is 0 Å². The van der Waals surface area contributed by atoms with E-state index in [1.54, 1.807) is 0 Å². The van der Waals surface area contributed by atoms with Gasteiger partial charge < -0.3 is 10.4 Å². The molecule has 0 aromatic heterocycles. The maximum absolute atomic E-state index is 13.5. The van der Waals surface area contributed by atoms with E-state index in [2.05, 4.69) is 12.2 Å². The van der Waals surface area contributed by atoms with Gasteiger partial charge in [0, 0.05) is 12.6 Å². The standard InChI is InChI=1S/C15H21F2NO/c1-10(11-5-2-3-6-11)18-9-14(19)15-12(16)7-4-8-13(15)17/h4,7-8,10-11,14,18-19H,2-3,5-6,9H2,1H3/t10-,14?/m1/s1. The molecule has 2 atom stereocenters. The van der Waals surface area contributed by atoms with Gasteiger partial charge in [-0.1, -0.05) is 18.9 Å². The van der Waals surface area contributed by atoms with Gasteiger partial charge in [-0.15, -0.1) is 0 Å². The number of nitrogens with one attached hydrogen (secondary N) is 1. The molecule has 1 unspecified atom stereocenters. The van der Waals surface area contributed by atoms with Gasteiger partial charge in [-0.3, -0.25) is 0 Å². The van der Waals surface area contributed by atoms with Crippen molar-refractivity contribution >= 4 is 0 Å². The van der Waals surface area contributed by atoms with Gasteiger partial charge in [0.15, 0.2) is 0 Å². The van der Waals surface area contributed by atoms with Crippen molar-refractivity contribution in [3.8, 4) is 0 Å². The molecular formula is C15H21F2NO. The van der Waals surface area contributed by atoms with E-state index in [1.165, 1.54) is 43.9 Å². The largest absolute Gasteiger partial charge is 0.387 e. The van der Waals surface area contributed by atoms with Crippen LogP contribution in [0.3, 0.4) is 0 Å². The average Bonchev–Trinajstić information content (AvgIpc) is 2.89. The minimum atomic E-state index is -1.15. The van der Waals surface area contributed by atoms with Crippen molar-refractivity contribution in [3.05, 3.63) is 35.4 Å². The van der Waals surface area contributed by atoms with Crippen LogP contribution in [0.25, 0.3) is 0 Å². The third-order valence-electron chi connectivity index (χ3n) is 4.07. The van der Waals surface area contributed by atoms with E-state index in [1.807, 2.05) is 0 Å². The summed E-state index contributed by atoms with van der Waals surface area (Å²) in [5, 5.41) is 13.1. The van der Waals surface area contributed by atoms with Crippen molar-refractivity contribution < 1.29 is 13.9 Å². The van der Waals surface area contributed by atoms with Crippen LogP contribution in [-0.2, 0) is 0 Å². The molecule has 2 nitrogen and oxygen atoms in total. The molecule has 1 saturated carbocycles. The van der Waals surface area contributed by atoms with Gasteiger partial charge in [0.1, 0.15) is 11.6 Å². The first-order valence-electron chi connectivity index (χ1n) is 6.95. The van der Waals surface area contributed by atoms with Crippen LogP contribution < -0.4 is 5.32 Å². The van der Waals surface area contributed by atoms with Gasteiger partial charge in [0.05, 0.1) is 11.7 Å². The fourth-order valence-electron chi connectivity index (χ4n) is 2.85. The Morgan fingerprint density at radius 2 is 1.84 bits per heavy atom. The first-order valence-corrected chi connectivity index (χ1v) is 6.95. The maximum atomic E-state index is 13.5. The lowest BCUT2D eigenvalue weighted by Gasteiger charge is -2.22. The molecule has 0 amide bonds. The Balaban J connectivity index is 1.91. The average molecular weight is 269 g/mol. The lowest BCUT2D eigenvalue weighted by atomic mass is 9.99. The van der Waals surface area contributed by atoms with Gasteiger partial charge in [-0.25, -0.2) is 8.78 Å². The summed E-state index contributed by atoms with van der Waals surface area (Å²) in [5.74, 6) is -0.775. The zero-order chi connectivity index (χ0) is 13.8. The number of rotatable bonds is 5. The Morgan fingerprint density at radius 1 is 1.26 bits per heavy atom. The van der Waals surface area contributed by atoms with E-state index >= 15 is 0 Å². The van der Waals surface area contributed by atoms with Crippen LogP contribution in [0, 0.1) is 17.6 Å². The Morgan fingerprint density at radius 3 is 2.42 bits per heavy atom. The second-order valence-electron chi connectivity index (χ2n) is 5.39. The summed E-state index contributed by atoms with van der Waals surface area (Å²) in [5.41, 5.74) is -0.242. The Hall–Kier alpha value is -1.00. The van der Waals surface area contributed by atoms with Crippen LogP contribution in [0.2, 0.25) is 0 Å². The molecule has 19 heavy (non-hydrogen) atoms. The van der Waals surface area contributed by atoms with E-state index in [-0.39, 0.29) is 18.2 Å². The van der Waals surface area contributed by atoms with Crippen molar-refractivity contribution in [2.45, 2.75) is 44.8 Å². The lowest BCUT2D eigenvalue weighted by molar-refractivity contribution is 0.156. The molecular weight excluding hydrogens is 248 g/mol. The molecule has 1 fully saturated rings. The molecule has 0 aliphatic heterocycles. The molecule has 0 bridgehead atoms. The monoisotopic (exact) mass is 269 g/mol. The number of hydrogen-bond acceptors (Lipinski definition) is 2. The molecule has 1 aliphatic carbocycles. The molecule has 1 aromatic carbocycles. The summed E-state index contributed by atoms with van der Waals surface area (Å²) in [6.45, 7) is 2.25. The van der Waals surface area contributed by atoms with E-state index in [4.69, 9.17) is 0 Å². The number of aliphatic hydroxyl groups excluding tert-OH is 1. The van der Waals surface area contributed by atoms with Crippen LogP contribution in [-0.4, -0.2) is 17.7 Å². The number of hydrogen-bond donors (Lipinski definition) is 2. The van der Waals surface area contributed by atoms with Gasteiger partial charge in [0.2, 0.25) is 0 Å². The highest BCUT2D eigenvalue weighted by Gasteiger charge is 2.23. The summed E-state index contributed by atoms with van der Waals surface area (Å²) < 4.78 is 27.0. The fraction of sp³-hybridized carbons (Fsp3) is 0.600. The SMILES string of the molecule is C[C@@H](NCC(O)c1c(F)cccc1F)C1CCCC1. The molecule has 0 radical (unpaired) electrons. The maximum Gasteiger partial charge on any atom is 0.131 e. The molecule has 1 aromatic rings. The summed E-state index contributed by atoms with van der Waals surface area (Å²) in [4.78, 5) is 0. The van der Waals surface area contributed by atoms with Crippen LogP contribution >= 0.6 is 0 Å². The highest BCUT2D eigenvalue weighted by molar-refractivity contribution is 5.22. The smallest absolute Gasteiger partial charge is 0.131 e. The first kappa shape index (κ1) is 14.4. The molecule has 4 heteroatoms. The minimum absolute atomic E-state index is 0.176. The molecule has 2 rings (SSSR count). The summed E-state index contributed by atoms with van der Waals surface area (Å²) >= 11 is 0. The number of aliphatic hydroxyl groups is 1. The number of halogens is 2. The van der Waals surface area contributed by atoms with Crippen LogP contribution in [0.5, 0.6) is 0 Å². The zero-order valence-corrected chi connectivity index (χ0v) is 11.2. The van der Waals surface area contributed by atoms with E-state index in [0.29, 0.717) is 5.92 Å². The molecule has 1 aliphatic rings. The fourth-order valence-corrected chi connectivity index (χ4v) is 2.85. The van der Waals surface area contributed by atoms with E-state index in [0.717, 1.165) is 0 Å². The Bertz CT molecular complexity index is 398. The lowest BCUT2D eigenvalue weighted by Crippen LogP contribution is -2.35. The molecule has 0 saturated heterocycles. The van der Waals surface area contributed by atoms with E-state index < -0.39 is 17.7 Å². The van der Waals surface area contributed by atoms with Crippen molar-refractivity contribution in [2.75, 3.05) is 6.54 Å². The van der Waals surface area contributed by atoms with Crippen molar-refractivity contribution in [3.63, 3.8) is 0 Å². The Kier molecular flexibility index (Phi) is 4.88. The highest BCUT2D eigenvalue weighted by atomic mass is 19.1. The Labute approximate surface area is 112 Å². The van der Waals surface area contributed by atoms with Gasteiger partial charge >= 0.3 is 0 Å². The minimum Gasteiger partial charge on any atom is -0.387 e. The molecule has 2 N–H and O–H groups in total. The first-order chi connectivity index (χ1) is 9.09. The van der Waals surface area contributed by atoms with Crippen molar-refractivity contribution in [2.24, 2.45) is 5.92 Å². The van der Waals surface area contributed by atoms with Gasteiger partial charge in [0.25, 0.3) is 0 Å². The quantitative estimate of drug-likeness (QED) is 0.860. The third-order valence-corrected chi connectivity index (χ3v) is 4.07. The van der Waals surface area contributed by atoms with Crippen LogP contribution in [0.4, 0.5) is 8.78 Å². The number of benzene rings is 1. The van der Waals surface area contributed by atoms with Crippen molar-refractivity contribution in [1.29, 1.82) is 0 Å². The van der Waals surface area contributed by atoms with Gasteiger partial charge in [-0.05, 0) is 37.8 Å². The predicted molar refractivity (Wildman–Crippen MR) is 70.7 cm³/mol. The summed E-state index contributed by atoms with van der Waals surface area (Å²) in [6.07, 6.45) is 3.74. The third kappa shape index (κ3) is 3.51. The summed E-state index contributed by atoms with van der Waals surface area (Å²) in [7, 11) is 0. The highest BCUT2D eigenvalue weighted by Crippen LogP contribution is 2.28. The predicted octanol–water partition coefficient (Wildman–Crippen LogP) is 3.17.